The van der Waals surface area contributed by atoms with Crippen molar-refractivity contribution in [3.8, 4) is 0 Å². The molecule has 2 rings (SSSR count). The van der Waals surface area contributed by atoms with Gasteiger partial charge in [0.2, 0.25) is 0 Å². The van der Waals surface area contributed by atoms with Gasteiger partial charge in [-0.1, -0.05) is 6.92 Å². The Kier molecular flexibility index (Phi) is 5.76. The quantitative estimate of drug-likeness (QED) is 0.835. The third-order valence-corrected chi connectivity index (χ3v) is 4.05. The second kappa shape index (κ2) is 7.56. The Morgan fingerprint density at radius 1 is 1.19 bits per heavy atom. The number of hydrogen-bond donors (Lipinski definition) is 1. The van der Waals surface area contributed by atoms with Crippen molar-refractivity contribution in [2.75, 3.05) is 70.6 Å². The molecule has 1 aliphatic heterocycles. The van der Waals surface area contributed by atoms with Gasteiger partial charge >= 0.3 is 0 Å². The summed E-state index contributed by atoms with van der Waals surface area (Å²) in [4.78, 5) is 16.0. The molecule has 1 aliphatic rings. The van der Waals surface area contributed by atoms with E-state index in [1.165, 1.54) is 5.56 Å². The standard InChI is InChI=1S/C15H28N6/c1-5-13-14(16-2)17-12-18-15(13)21-10-8-20(9-11-21)7-6-19(3)4/h12H,5-11H2,1-4H3,(H,16,17,18). The topological polar surface area (TPSA) is 47.5 Å². The predicted octanol–water partition coefficient (Wildman–Crippen LogP) is 0.764. The SMILES string of the molecule is CCc1c(NC)ncnc1N1CCN(CCN(C)C)CC1. The number of aromatic nitrogens is 2. The zero-order valence-electron chi connectivity index (χ0n) is 13.8. The third kappa shape index (κ3) is 4.04. The van der Waals surface area contributed by atoms with Crippen molar-refractivity contribution < 1.29 is 0 Å². The van der Waals surface area contributed by atoms with E-state index in [0.29, 0.717) is 0 Å². The van der Waals surface area contributed by atoms with Crippen molar-refractivity contribution in [2.45, 2.75) is 13.3 Å². The molecule has 0 amide bonds. The van der Waals surface area contributed by atoms with E-state index < -0.39 is 0 Å². The number of anilines is 2. The molecule has 2 heterocycles. The summed E-state index contributed by atoms with van der Waals surface area (Å²) in [7, 11) is 6.18. The van der Waals surface area contributed by atoms with Crippen LogP contribution < -0.4 is 10.2 Å². The minimum atomic E-state index is 0.952. The van der Waals surface area contributed by atoms with Crippen molar-refractivity contribution in [3.05, 3.63) is 11.9 Å². The maximum atomic E-state index is 4.53. The van der Waals surface area contributed by atoms with Crippen LogP contribution in [-0.2, 0) is 6.42 Å². The van der Waals surface area contributed by atoms with Gasteiger partial charge in [-0.3, -0.25) is 4.90 Å². The molecule has 0 bridgehead atoms. The predicted molar refractivity (Wildman–Crippen MR) is 88.2 cm³/mol. The Labute approximate surface area is 128 Å². The third-order valence-electron chi connectivity index (χ3n) is 4.05. The lowest BCUT2D eigenvalue weighted by Gasteiger charge is -2.36. The maximum absolute atomic E-state index is 4.53. The van der Waals surface area contributed by atoms with Crippen LogP contribution in [-0.4, -0.2) is 80.2 Å². The highest BCUT2D eigenvalue weighted by atomic mass is 15.3. The van der Waals surface area contributed by atoms with Crippen LogP contribution in [0.4, 0.5) is 11.6 Å². The highest BCUT2D eigenvalue weighted by Gasteiger charge is 2.21. The van der Waals surface area contributed by atoms with Gasteiger partial charge in [-0.2, -0.15) is 0 Å². The van der Waals surface area contributed by atoms with Gasteiger partial charge in [-0.25, -0.2) is 9.97 Å². The Hall–Kier alpha value is -1.40. The highest BCUT2D eigenvalue weighted by Crippen LogP contribution is 2.24. The van der Waals surface area contributed by atoms with E-state index in [9.17, 15) is 0 Å². The zero-order chi connectivity index (χ0) is 15.2. The van der Waals surface area contributed by atoms with Crippen LogP contribution in [0.3, 0.4) is 0 Å². The van der Waals surface area contributed by atoms with E-state index >= 15 is 0 Å². The summed E-state index contributed by atoms with van der Waals surface area (Å²) < 4.78 is 0. The Bertz CT molecular complexity index is 440. The molecule has 0 aromatic carbocycles. The minimum absolute atomic E-state index is 0.952. The highest BCUT2D eigenvalue weighted by molar-refractivity contribution is 5.58. The molecule has 1 aromatic rings. The number of piperazine rings is 1. The number of hydrogen-bond acceptors (Lipinski definition) is 6. The van der Waals surface area contributed by atoms with Crippen molar-refractivity contribution in [1.82, 2.24) is 19.8 Å². The molecule has 1 N–H and O–H groups in total. The summed E-state index contributed by atoms with van der Waals surface area (Å²) >= 11 is 0. The molecular weight excluding hydrogens is 264 g/mol. The summed E-state index contributed by atoms with van der Waals surface area (Å²) in [5, 5.41) is 3.17. The summed E-state index contributed by atoms with van der Waals surface area (Å²) in [5.74, 6) is 2.06. The number of nitrogens with zero attached hydrogens (tertiary/aromatic N) is 5. The molecule has 1 aromatic heterocycles. The molecule has 0 spiro atoms. The van der Waals surface area contributed by atoms with E-state index in [1.54, 1.807) is 6.33 Å². The summed E-state index contributed by atoms with van der Waals surface area (Å²) in [5.41, 5.74) is 1.22. The Morgan fingerprint density at radius 2 is 1.90 bits per heavy atom. The fourth-order valence-electron chi connectivity index (χ4n) is 2.74. The maximum Gasteiger partial charge on any atom is 0.137 e. The largest absolute Gasteiger partial charge is 0.373 e. The average molecular weight is 292 g/mol. The van der Waals surface area contributed by atoms with Crippen molar-refractivity contribution in [1.29, 1.82) is 0 Å². The summed E-state index contributed by atoms with van der Waals surface area (Å²) in [6.45, 7) is 8.73. The first-order chi connectivity index (χ1) is 10.2. The van der Waals surface area contributed by atoms with E-state index in [0.717, 1.165) is 57.3 Å². The molecule has 6 nitrogen and oxygen atoms in total. The number of nitrogens with one attached hydrogen (secondary N) is 1. The van der Waals surface area contributed by atoms with Crippen LogP contribution in [0.5, 0.6) is 0 Å². The molecule has 0 radical (unpaired) electrons. The molecular formula is C15H28N6. The van der Waals surface area contributed by atoms with E-state index in [1.807, 2.05) is 7.05 Å². The van der Waals surface area contributed by atoms with Crippen LogP contribution in [0, 0.1) is 0 Å². The lowest BCUT2D eigenvalue weighted by Crippen LogP contribution is -2.48. The first-order valence-electron chi connectivity index (χ1n) is 7.79. The van der Waals surface area contributed by atoms with E-state index in [2.05, 4.69) is 51.0 Å². The first-order valence-corrected chi connectivity index (χ1v) is 7.79. The molecule has 118 valence electrons. The monoisotopic (exact) mass is 292 g/mol. The molecule has 0 aliphatic carbocycles. The second-order valence-corrected chi connectivity index (χ2v) is 5.76. The molecule has 0 atom stereocenters. The first kappa shape index (κ1) is 16.0. The zero-order valence-corrected chi connectivity index (χ0v) is 13.8. The van der Waals surface area contributed by atoms with Gasteiger partial charge in [0.15, 0.2) is 0 Å². The van der Waals surface area contributed by atoms with Gasteiger partial charge in [0, 0.05) is 51.9 Å². The van der Waals surface area contributed by atoms with Crippen LogP contribution in [0.15, 0.2) is 6.33 Å². The van der Waals surface area contributed by atoms with Crippen molar-refractivity contribution in [2.24, 2.45) is 0 Å². The normalized spacial score (nSPS) is 16.5. The van der Waals surface area contributed by atoms with E-state index in [-0.39, 0.29) is 0 Å². The second-order valence-electron chi connectivity index (χ2n) is 5.76. The van der Waals surface area contributed by atoms with Gasteiger partial charge in [0.25, 0.3) is 0 Å². The summed E-state index contributed by atoms with van der Waals surface area (Å²) in [6, 6.07) is 0. The molecule has 1 fully saturated rings. The smallest absolute Gasteiger partial charge is 0.137 e. The Balaban J connectivity index is 1.99. The molecule has 0 saturated carbocycles. The molecule has 0 unspecified atom stereocenters. The molecule has 6 heteroatoms. The van der Waals surface area contributed by atoms with Crippen LogP contribution in [0.2, 0.25) is 0 Å². The molecule has 1 saturated heterocycles. The van der Waals surface area contributed by atoms with Gasteiger partial charge in [0.1, 0.15) is 18.0 Å². The lowest BCUT2D eigenvalue weighted by atomic mass is 10.2. The Morgan fingerprint density at radius 3 is 2.48 bits per heavy atom. The average Bonchev–Trinajstić information content (AvgIpc) is 2.52. The van der Waals surface area contributed by atoms with E-state index in [4.69, 9.17) is 0 Å². The van der Waals surface area contributed by atoms with Crippen molar-refractivity contribution in [3.63, 3.8) is 0 Å². The van der Waals surface area contributed by atoms with Crippen LogP contribution >= 0.6 is 0 Å². The lowest BCUT2D eigenvalue weighted by molar-refractivity contribution is 0.229. The van der Waals surface area contributed by atoms with Crippen molar-refractivity contribution >= 4 is 11.6 Å². The minimum Gasteiger partial charge on any atom is -0.373 e. The number of rotatable bonds is 6. The van der Waals surface area contributed by atoms with Gasteiger partial charge in [-0.15, -0.1) is 0 Å². The van der Waals surface area contributed by atoms with Gasteiger partial charge < -0.3 is 15.1 Å². The summed E-state index contributed by atoms with van der Waals surface area (Å²) in [6.07, 6.45) is 2.62. The van der Waals surface area contributed by atoms with Gasteiger partial charge in [0.05, 0.1) is 0 Å². The fourth-order valence-corrected chi connectivity index (χ4v) is 2.74. The molecule has 21 heavy (non-hydrogen) atoms. The van der Waals surface area contributed by atoms with Crippen LogP contribution in [0.25, 0.3) is 0 Å². The van der Waals surface area contributed by atoms with Gasteiger partial charge in [-0.05, 0) is 20.5 Å². The fraction of sp³-hybridized carbons (Fsp3) is 0.733. The number of likely N-dealkylation sites (N-methyl/N-ethyl adjacent to an activating group) is 1. The van der Waals surface area contributed by atoms with Crippen LogP contribution in [0.1, 0.15) is 12.5 Å².